The number of methoxy groups -OCH3 is 1. The van der Waals surface area contributed by atoms with Crippen molar-refractivity contribution in [3.8, 4) is 11.4 Å². The van der Waals surface area contributed by atoms with Crippen LogP contribution in [0.3, 0.4) is 0 Å². The molecule has 0 unspecified atom stereocenters. The number of fused-ring (bicyclic) bond motifs is 1. The zero-order valence-electron chi connectivity index (χ0n) is 16.6. The third-order valence-corrected chi connectivity index (χ3v) is 4.99. The largest absolute Gasteiger partial charge is 0.494 e. The molecule has 1 heterocycles. The van der Waals surface area contributed by atoms with Gasteiger partial charge in [0.1, 0.15) is 17.1 Å². The van der Waals surface area contributed by atoms with Crippen LogP contribution in [0.5, 0.6) is 5.75 Å². The molecule has 0 fully saturated rings. The van der Waals surface area contributed by atoms with E-state index in [0.29, 0.717) is 11.2 Å². The van der Waals surface area contributed by atoms with Crippen molar-refractivity contribution in [1.29, 1.82) is 0 Å². The van der Waals surface area contributed by atoms with Gasteiger partial charge in [0.25, 0.3) is 0 Å². The highest BCUT2D eigenvalue weighted by atomic mass is 19.1. The Kier molecular flexibility index (Phi) is 5.98. The maximum absolute atomic E-state index is 14.0. The lowest BCUT2D eigenvalue weighted by molar-refractivity contribution is 0.0695. The van der Waals surface area contributed by atoms with Crippen LogP contribution in [0.25, 0.3) is 16.6 Å². The van der Waals surface area contributed by atoms with E-state index in [1.807, 2.05) is 24.3 Å². The summed E-state index contributed by atoms with van der Waals surface area (Å²) < 4.78 is 20.8. The van der Waals surface area contributed by atoms with Gasteiger partial charge in [-0.1, -0.05) is 26.0 Å². The molecule has 29 heavy (non-hydrogen) atoms. The number of carboxylic acids is 1. The highest BCUT2D eigenvalue weighted by Crippen LogP contribution is 2.28. The van der Waals surface area contributed by atoms with Gasteiger partial charge < -0.3 is 14.4 Å². The van der Waals surface area contributed by atoms with Gasteiger partial charge in [-0.15, -0.1) is 0 Å². The number of benzene rings is 2. The number of hydrogen-bond acceptors (Lipinski definition) is 4. The summed E-state index contributed by atoms with van der Waals surface area (Å²) in [5, 5.41) is 9.40. The van der Waals surface area contributed by atoms with Crippen LogP contribution in [0.1, 0.15) is 29.8 Å². The average Bonchev–Trinajstić information content (AvgIpc) is 2.72. The van der Waals surface area contributed by atoms with Gasteiger partial charge in [0.15, 0.2) is 0 Å². The number of carboxylic acid groups (broad SMARTS) is 1. The van der Waals surface area contributed by atoms with Crippen LogP contribution in [0.2, 0.25) is 0 Å². The SMILES string of the molecule is CCN(CC)Cc1ccc(-n2cc(C(=O)O)c(=O)c3cc(F)cc(OC)c32)cc1. The van der Waals surface area contributed by atoms with Gasteiger partial charge in [0.05, 0.1) is 18.0 Å². The molecule has 3 rings (SSSR count). The quantitative estimate of drug-likeness (QED) is 0.657. The van der Waals surface area contributed by atoms with Gasteiger partial charge in [-0.3, -0.25) is 9.69 Å². The summed E-state index contributed by atoms with van der Waals surface area (Å²) >= 11 is 0. The Balaban J connectivity index is 2.22. The van der Waals surface area contributed by atoms with Crippen molar-refractivity contribution in [3.05, 3.63) is 69.8 Å². The second kappa shape index (κ2) is 8.45. The molecular weight excluding hydrogens is 375 g/mol. The van der Waals surface area contributed by atoms with Crippen LogP contribution in [-0.2, 0) is 6.54 Å². The monoisotopic (exact) mass is 398 g/mol. The first-order chi connectivity index (χ1) is 13.9. The Morgan fingerprint density at radius 1 is 1.17 bits per heavy atom. The van der Waals surface area contributed by atoms with E-state index in [4.69, 9.17) is 4.74 Å². The normalized spacial score (nSPS) is 11.2. The predicted octanol–water partition coefficient (Wildman–Crippen LogP) is 3.68. The molecule has 0 aliphatic heterocycles. The summed E-state index contributed by atoms with van der Waals surface area (Å²) in [6.45, 7) is 6.88. The number of rotatable bonds is 7. The third kappa shape index (κ3) is 4.00. The second-order valence-electron chi connectivity index (χ2n) is 6.68. The molecule has 0 spiro atoms. The van der Waals surface area contributed by atoms with Crippen LogP contribution in [0.15, 0.2) is 47.4 Å². The summed E-state index contributed by atoms with van der Waals surface area (Å²) in [7, 11) is 1.38. The Bertz CT molecular complexity index is 1100. The number of carbonyl (C=O) groups is 1. The fourth-order valence-corrected chi connectivity index (χ4v) is 3.37. The molecule has 0 aliphatic rings. The number of hydrogen-bond donors (Lipinski definition) is 1. The topological polar surface area (TPSA) is 71.8 Å². The van der Waals surface area contributed by atoms with Crippen LogP contribution in [0.4, 0.5) is 4.39 Å². The summed E-state index contributed by atoms with van der Waals surface area (Å²) in [6, 6.07) is 9.81. The van der Waals surface area contributed by atoms with Crippen molar-refractivity contribution in [3.63, 3.8) is 0 Å². The maximum Gasteiger partial charge on any atom is 0.341 e. The number of pyridine rings is 1. The molecule has 7 heteroatoms. The fourth-order valence-electron chi connectivity index (χ4n) is 3.37. The molecule has 0 aliphatic carbocycles. The first kappa shape index (κ1) is 20.5. The lowest BCUT2D eigenvalue weighted by Gasteiger charge is -2.19. The minimum absolute atomic E-state index is 0.0473. The van der Waals surface area contributed by atoms with E-state index >= 15 is 0 Å². The minimum atomic E-state index is -1.37. The molecule has 2 aromatic carbocycles. The van der Waals surface area contributed by atoms with Gasteiger partial charge in [0, 0.05) is 24.5 Å². The lowest BCUT2D eigenvalue weighted by Crippen LogP contribution is -2.22. The van der Waals surface area contributed by atoms with E-state index in [-0.39, 0.29) is 11.1 Å². The van der Waals surface area contributed by atoms with Crippen molar-refractivity contribution in [2.45, 2.75) is 20.4 Å². The minimum Gasteiger partial charge on any atom is -0.494 e. The van der Waals surface area contributed by atoms with Crippen LogP contribution in [-0.4, -0.2) is 40.7 Å². The highest BCUT2D eigenvalue weighted by Gasteiger charge is 2.19. The molecule has 0 amide bonds. The number of aromatic nitrogens is 1. The molecule has 1 aromatic heterocycles. The molecule has 152 valence electrons. The van der Waals surface area contributed by atoms with Crippen molar-refractivity contribution in [1.82, 2.24) is 9.47 Å². The Labute approximate surface area is 167 Å². The van der Waals surface area contributed by atoms with Crippen molar-refractivity contribution in [2.24, 2.45) is 0 Å². The fraction of sp³-hybridized carbons (Fsp3) is 0.273. The molecule has 0 saturated carbocycles. The molecular formula is C22H23FN2O4. The van der Waals surface area contributed by atoms with Crippen LogP contribution >= 0.6 is 0 Å². The van der Waals surface area contributed by atoms with Gasteiger partial charge >= 0.3 is 5.97 Å². The standard InChI is InChI=1S/C22H23FN2O4/c1-4-24(5-2)12-14-6-8-16(9-7-14)25-13-18(22(27)28)21(26)17-10-15(23)11-19(29-3)20(17)25/h6-11,13H,4-5,12H2,1-3H3,(H,27,28). The first-order valence-corrected chi connectivity index (χ1v) is 9.37. The van der Waals surface area contributed by atoms with E-state index in [0.717, 1.165) is 31.3 Å². The maximum atomic E-state index is 14.0. The molecule has 0 bridgehead atoms. The number of nitrogens with zero attached hydrogens (tertiary/aromatic N) is 2. The molecule has 0 radical (unpaired) electrons. The van der Waals surface area contributed by atoms with Crippen molar-refractivity contribution < 1.29 is 19.0 Å². The van der Waals surface area contributed by atoms with E-state index in [1.165, 1.54) is 19.4 Å². The van der Waals surface area contributed by atoms with Crippen LogP contribution < -0.4 is 10.2 Å². The third-order valence-electron chi connectivity index (χ3n) is 4.99. The zero-order valence-corrected chi connectivity index (χ0v) is 16.6. The Morgan fingerprint density at radius 3 is 2.38 bits per heavy atom. The number of halogens is 1. The molecule has 0 saturated heterocycles. The predicted molar refractivity (Wildman–Crippen MR) is 110 cm³/mol. The van der Waals surface area contributed by atoms with Gasteiger partial charge in [0.2, 0.25) is 5.43 Å². The number of ether oxygens (including phenoxy) is 1. The summed E-state index contributed by atoms with van der Waals surface area (Å²) in [5.74, 6) is -1.89. The van der Waals surface area contributed by atoms with Crippen molar-refractivity contribution in [2.75, 3.05) is 20.2 Å². The summed E-state index contributed by atoms with van der Waals surface area (Å²) in [5.41, 5.74) is 0.891. The van der Waals surface area contributed by atoms with Crippen molar-refractivity contribution >= 4 is 16.9 Å². The number of aromatic carboxylic acids is 1. The van der Waals surface area contributed by atoms with Gasteiger partial charge in [-0.25, -0.2) is 9.18 Å². The first-order valence-electron chi connectivity index (χ1n) is 9.37. The molecule has 1 N–H and O–H groups in total. The molecule has 6 nitrogen and oxygen atoms in total. The highest BCUT2D eigenvalue weighted by molar-refractivity contribution is 5.95. The summed E-state index contributed by atoms with van der Waals surface area (Å²) in [6.07, 6.45) is 1.26. The summed E-state index contributed by atoms with van der Waals surface area (Å²) in [4.78, 5) is 26.5. The second-order valence-corrected chi connectivity index (χ2v) is 6.68. The van der Waals surface area contributed by atoms with E-state index < -0.39 is 22.8 Å². The Morgan fingerprint density at radius 2 is 1.83 bits per heavy atom. The van der Waals surface area contributed by atoms with Crippen LogP contribution in [0, 0.1) is 5.82 Å². The molecule has 0 atom stereocenters. The van der Waals surface area contributed by atoms with E-state index in [1.54, 1.807) is 4.57 Å². The smallest absolute Gasteiger partial charge is 0.341 e. The van der Waals surface area contributed by atoms with E-state index in [9.17, 15) is 19.1 Å². The zero-order chi connectivity index (χ0) is 21.1. The molecule has 3 aromatic rings. The van der Waals surface area contributed by atoms with E-state index in [2.05, 4.69) is 18.7 Å². The van der Waals surface area contributed by atoms with Gasteiger partial charge in [-0.2, -0.15) is 0 Å². The lowest BCUT2D eigenvalue weighted by atomic mass is 10.1. The Hall–Kier alpha value is -3.19. The van der Waals surface area contributed by atoms with Gasteiger partial charge in [-0.05, 0) is 36.9 Å². The average molecular weight is 398 g/mol.